The Labute approximate surface area is 149 Å². The van der Waals surface area contributed by atoms with Crippen LogP contribution in [0, 0.1) is 5.92 Å². The molecule has 0 atom stereocenters. The van der Waals surface area contributed by atoms with Gasteiger partial charge in [0.2, 0.25) is 5.13 Å². The van der Waals surface area contributed by atoms with E-state index in [1.165, 1.54) is 37.7 Å². The number of sulfonamides is 1. The summed E-state index contributed by atoms with van der Waals surface area (Å²) in [5, 5.41) is 8.09. The SMILES string of the molecule is COc1ccc(OC)c(S(=O)(=O)Nc2nnc(SCC(C)C)s2)c1. The van der Waals surface area contributed by atoms with Crippen LogP contribution in [-0.2, 0) is 10.0 Å². The van der Waals surface area contributed by atoms with Gasteiger partial charge in [0, 0.05) is 11.8 Å². The molecule has 132 valence electrons. The molecule has 2 aromatic rings. The van der Waals surface area contributed by atoms with Gasteiger partial charge in [-0.1, -0.05) is 36.9 Å². The quantitative estimate of drug-likeness (QED) is 0.694. The second kappa shape index (κ2) is 8.04. The highest BCUT2D eigenvalue weighted by molar-refractivity contribution is 8.01. The van der Waals surface area contributed by atoms with Gasteiger partial charge in [-0.25, -0.2) is 8.42 Å². The van der Waals surface area contributed by atoms with E-state index in [2.05, 4.69) is 28.8 Å². The first-order chi connectivity index (χ1) is 11.4. The van der Waals surface area contributed by atoms with Crippen molar-refractivity contribution in [2.45, 2.75) is 23.1 Å². The zero-order chi connectivity index (χ0) is 17.7. The van der Waals surface area contributed by atoms with Crippen molar-refractivity contribution >= 4 is 38.3 Å². The van der Waals surface area contributed by atoms with Gasteiger partial charge in [0.25, 0.3) is 10.0 Å². The summed E-state index contributed by atoms with van der Waals surface area (Å²) < 4.78 is 38.6. The van der Waals surface area contributed by atoms with Crippen LogP contribution in [0.3, 0.4) is 0 Å². The van der Waals surface area contributed by atoms with Crippen LogP contribution in [0.2, 0.25) is 0 Å². The second-order valence-electron chi connectivity index (χ2n) is 5.20. The Bertz CT molecular complexity index is 790. The van der Waals surface area contributed by atoms with Crippen LogP contribution in [0.25, 0.3) is 0 Å². The fraction of sp³-hybridized carbons (Fsp3) is 0.429. The molecule has 0 radical (unpaired) electrons. The van der Waals surface area contributed by atoms with Crippen molar-refractivity contribution in [3.05, 3.63) is 18.2 Å². The van der Waals surface area contributed by atoms with Crippen molar-refractivity contribution in [2.75, 3.05) is 24.7 Å². The molecule has 7 nitrogen and oxygen atoms in total. The highest BCUT2D eigenvalue weighted by Gasteiger charge is 2.22. The predicted octanol–water partition coefficient (Wildman–Crippen LogP) is 3.10. The van der Waals surface area contributed by atoms with Crippen LogP contribution in [-0.4, -0.2) is 38.6 Å². The lowest BCUT2D eigenvalue weighted by Gasteiger charge is -2.11. The fourth-order valence-electron chi connectivity index (χ4n) is 1.71. The minimum Gasteiger partial charge on any atom is -0.497 e. The molecule has 1 heterocycles. The third-order valence-electron chi connectivity index (χ3n) is 2.83. The van der Waals surface area contributed by atoms with Gasteiger partial charge in [0.1, 0.15) is 16.4 Å². The summed E-state index contributed by atoms with van der Waals surface area (Å²) in [6.07, 6.45) is 0. The van der Waals surface area contributed by atoms with Crippen LogP contribution >= 0.6 is 23.1 Å². The summed E-state index contributed by atoms with van der Waals surface area (Å²) in [5.74, 6) is 2.05. The third kappa shape index (κ3) is 4.74. The molecular weight excluding hydrogens is 370 g/mol. The lowest BCUT2D eigenvalue weighted by Crippen LogP contribution is -2.14. The molecule has 1 N–H and O–H groups in total. The van der Waals surface area contributed by atoms with Crippen LogP contribution < -0.4 is 14.2 Å². The molecule has 1 aromatic carbocycles. The lowest BCUT2D eigenvalue weighted by atomic mass is 10.3. The van der Waals surface area contributed by atoms with Crippen molar-refractivity contribution in [3.63, 3.8) is 0 Å². The Morgan fingerprint density at radius 3 is 2.62 bits per heavy atom. The predicted molar refractivity (Wildman–Crippen MR) is 95.8 cm³/mol. The number of hydrogen-bond acceptors (Lipinski definition) is 8. The second-order valence-corrected chi connectivity index (χ2v) is 9.10. The van der Waals surface area contributed by atoms with Gasteiger partial charge in [-0.2, -0.15) is 0 Å². The van der Waals surface area contributed by atoms with Gasteiger partial charge < -0.3 is 9.47 Å². The van der Waals surface area contributed by atoms with Gasteiger partial charge >= 0.3 is 0 Å². The van der Waals surface area contributed by atoms with E-state index in [-0.39, 0.29) is 15.8 Å². The van der Waals surface area contributed by atoms with E-state index in [1.54, 1.807) is 17.8 Å². The number of thioether (sulfide) groups is 1. The molecule has 0 aliphatic heterocycles. The molecule has 0 aliphatic carbocycles. The van der Waals surface area contributed by atoms with Crippen LogP contribution in [0.5, 0.6) is 11.5 Å². The monoisotopic (exact) mass is 389 g/mol. The fourth-order valence-corrected chi connectivity index (χ4v) is 4.86. The largest absolute Gasteiger partial charge is 0.497 e. The summed E-state index contributed by atoms with van der Waals surface area (Å²) in [5.41, 5.74) is 0. The summed E-state index contributed by atoms with van der Waals surface area (Å²) in [6.45, 7) is 4.21. The first-order valence-electron chi connectivity index (χ1n) is 7.07. The Morgan fingerprint density at radius 1 is 1.25 bits per heavy atom. The zero-order valence-corrected chi connectivity index (χ0v) is 16.2. The van der Waals surface area contributed by atoms with E-state index in [0.29, 0.717) is 11.7 Å². The molecule has 0 aliphatic rings. The molecule has 0 saturated carbocycles. The lowest BCUT2D eigenvalue weighted by molar-refractivity contribution is 0.392. The van der Waals surface area contributed by atoms with Gasteiger partial charge in [0.15, 0.2) is 4.34 Å². The average Bonchev–Trinajstić information content (AvgIpc) is 2.99. The molecule has 24 heavy (non-hydrogen) atoms. The maximum Gasteiger partial charge on any atom is 0.267 e. The molecule has 2 rings (SSSR count). The molecule has 1 aromatic heterocycles. The van der Waals surface area contributed by atoms with E-state index in [4.69, 9.17) is 9.47 Å². The van der Waals surface area contributed by atoms with Crippen molar-refractivity contribution in [2.24, 2.45) is 5.92 Å². The third-order valence-corrected chi connectivity index (χ3v) is 6.72. The standard InChI is InChI=1S/C14H19N3O4S3/c1-9(2)8-22-14-16-15-13(23-14)17-24(18,19)12-7-10(20-3)5-6-11(12)21-4/h5-7,9H,8H2,1-4H3,(H,15,17). The van der Waals surface area contributed by atoms with E-state index >= 15 is 0 Å². The maximum atomic E-state index is 12.6. The molecule has 0 fully saturated rings. The highest BCUT2D eigenvalue weighted by Crippen LogP contribution is 2.32. The Balaban J connectivity index is 2.22. The van der Waals surface area contributed by atoms with Crippen LogP contribution in [0.4, 0.5) is 5.13 Å². The number of nitrogens with one attached hydrogen (secondary N) is 1. The first-order valence-corrected chi connectivity index (χ1v) is 10.4. The number of anilines is 1. The van der Waals surface area contributed by atoms with Crippen molar-refractivity contribution in [3.8, 4) is 11.5 Å². The minimum atomic E-state index is -3.86. The number of rotatable bonds is 8. The van der Waals surface area contributed by atoms with Gasteiger partial charge in [-0.3, -0.25) is 4.72 Å². The van der Waals surface area contributed by atoms with Gasteiger partial charge in [-0.05, 0) is 18.1 Å². The average molecular weight is 390 g/mol. The van der Waals surface area contributed by atoms with Crippen molar-refractivity contribution in [1.29, 1.82) is 0 Å². The van der Waals surface area contributed by atoms with E-state index < -0.39 is 10.0 Å². The van der Waals surface area contributed by atoms with Crippen LogP contribution in [0.1, 0.15) is 13.8 Å². The first kappa shape index (κ1) is 18.8. The van der Waals surface area contributed by atoms with Crippen LogP contribution in [0.15, 0.2) is 27.4 Å². The van der Waals surface area contributed by atoms with E-state index in [1.807, 2.05) is 0 Å². The number of hydrogen-bond donors (Lipinski definition) is 1. The van der Waals surface area contributed by atoms with Crippen molar-refractivity contribution in [1.82, 2.24) is 10.2 Å². The van der Waals surface area contributed by atoms with Crippen molar-refractivity contribution < 1.29 is 17.9 Å². The van der Waals surface area contributed by atoms with Gasteiger partial charge in [0.05, 0.1) is 14.2 Å². The number of methoxy groups -OCH3 is 2. The molecule has 0 saturated heterocycles. The number of aromatic nitrogens is 2. The van der Waals surface area contributed by atoms with Gasteiger partial charge in [-0.15, -0.1) is 10.2 Å². The minimum absolute atomic E-state index is 0.0177. The summed E-state index contributed by atoms with van der Waals surface area (Å²) in [7, 11) is -0.987. The molecular formula is C14H19N3O4S3. The number of ether oxygens (including phenoxy) is 2. The molecule has 0 unspecified atom stereocenters. The van der Waals surface area contributed by atoms with E-state index in [9.17, 15) is 8.42 Å². The Hall–Kier alpha value is -1.52. The topological polar surface area (TPSA) is 90.4 Å². The maximum absolute atomic E-state index is 12.6. The normalized spacial score (nSPS) is 11.5. The Kier molecular flexibility index (Phi) is 6.30. The smallest absolute Gasteiger partial charge is 0.267 e. The highest BCUT2D eigenvalue weighted by atomic mass is 32.2. The summed E-state index contributed by atoms with van der Waals surface area (Å²) >= 11 is 2.75. The summed E-state index contributed by atoms with van der Waals surface area (Å²) in [4.78, 5) is -0.0177. The number of nitrogens with zero attached hydrogens (tertiary/aromatic N) is 2. The number of benzene rings is 1. The molecule has 0 bridgehead atoms. The molecule has 0 amide bonds. The van der Waals surface area contributed by atoms with E-state index in [0.717, 1.165) is 10.1 Å². The zero-order valence-electron chi connectivity index (χ0n) is 13.8. The molecule has 0 spiro atoms. The Morgan fingerprint density at radius 2 is 2.00 bits per heavy atom. The molecule has 10 heteroatoms. The summed E-state index contributed by atoms with van der Waals surface area (Å²) in [6, 6.07) is 4.57.